The Labute approximate surface area is 61.5 Å². The Morgan fingerprint density at radius 1 is 1.30 bits per heavy atom. The monoisotopic (exact) mass is 140 g/mol. The summed E-state index contributed by atoms with van der Waals surface area (Å²) in [6, 6.07) is 1.28. The third-order valence-electron chi connectivity index (χ3n) is 0.100. The number of quaternary nitrogens is 1. The van der Waals surface area contributed by atoms with Crippen LogP contribution < -0.4 is 0 Å². The number of hydrogen-bond donors (Lipinski definition) is 0. The molecule has 0 aliphatic rings. The Kier molecular flexibility index (Phi) is 6.91. The molecule has 56 valence electrons. The van der Waals surface area contributed by atoms with Gasteiger partial charge in [0.15, 0.2) is 0 Å². The summed E-state index contributed by atoms with van der Waals surface area (Å²) in [7, 11) is 8.50. The van der Waals surface area contributed by atoms with Crippen molar-refractivity contribution < 1.29 is 4.48 Å². The molecule has 0 saturated heterocycles. The maximum atomic E-state index is 7.43. The van der Waals surface area contributed by atoms with Crippen LogP contribution in [0.1, 0.15) is 0 Å². The highest BCUT2D eigenvalue weighted by Crippen LogP contribution is 1.73. The van der Waals surface area contributed by atoms with Gasteiger partial charge in [0.25, 0.3) is 0 Å². The zero-order chi connectivity index (χ0) is 8.62. The molecule has 0 aromatic carbocycles. The lowest BCUT2D eigenvalue weighted by atomic mass is 10.8. The van der Waals surface area contributed by atoms with Gasteiger partial charge in [0.1, 0.15) is 0 Å². The third-order valence-corrected chi connectivity index (χ3v) is 0.100. The van der Waals surface area contributed by atoms with Crippen LogP contribution in [-0.4, -0.2) is 38.7 Å². The van der Waals surface area contributed by atoms with Gasteiger partial charge in [0.2, 0.25) is 0 Å². The van der Waals surface area contributed by atoms with Crippen molar-refractivity contribution in [1.29, 1.82) is 5.26 Å². The summed E-state index contributed by atoms with van der Waals surface area (Å²) in [4.78, 5) is 2.58. The molecule has 0 rings (SSSR count). The van der Waals surface area contributed by atoms with Gasteiger partial charge < -0.3 is 14.9 Å². The summed E-state index contributed by atoms with van der Waals surface area (Å²) in [6.07, 6.45) is 1.28. The quantitative estimate of drug-likeness (QED) is 0.275. The van der Waals surface area contributed by atoms with E-state index in [1.165, 1.54) is 12.2 Å². The first-order chi connectivity index (χ1) is 4.41. The molecule has 0 unspecified atom stereocenters. The zero-order valence-electron chi connectivity index (χ0n) is 6.79. The maximum absolute atomic E-state index is 7.43. The van der Waals surface area contributed by atoms with Gasteiger partial charge in [0.05, 0.1) is 34.4 Å². The molecule has 0 N–H and O–H groups in total. The van der Waals surface area contributed by atoms with Crippen molar-refractivity contribution in [3.05, 3.63) is 5.41 Å². The first-order valence-corrected chi connectivity index (χ1v) is 2.68. The molecular formula is C6H12N4. The average molecular weight is 140 g/mol. The Bertz CT molecular complexity index is 148. The van der Waals surface area contributed by atoms with Crippen molar-refractivity contribution in [3.8, 4) is 6.19 Å². The molecule has 0 aromatic heterocycles. The highest BCUT2D eigenvalue weighted by molar-refractivity contribution is 5.46. The normalized spacial score (nSPS) is 7.90. The van der Waals surface area contributed by atoms with Crippen LogP contribution in [0.25, 0.3) is 5.41 Å². The van der Waals surface area contributed by atoms with Crippen LogP contribution >= 0.6 is 0 Å². The van der Waals surface area contributed by atoms with Crippen molar-refractivity contribution >= 4 is 6.01 Å². The van der Waals surface area contributed by atoms with Crippen molar-refractivity contribution in [2.75, 3.05) is 28.2 Å². The Morgan fingerprint density at radius 2 is 1.60 bits per heavy atom. The van der Waals surface area contributed by atoms with Crippen LogP contribution in [0.4, 0.5) is 0 Å². The predicted molar refractivity (Wildman–Crippen MR) is 40.4 cm³/mol. The maximum Gasteiger partial charge on any atom is 0.0925 e. The molecule has 10 heavy (non-hydrogen) atoms. The number of nitriles is 1. The van der Waals surface area contributed by atoms with E-state index in [0.717, 1.165) is 4.48 Å². The molecule has 0 saturated carbocycles. The molecule has 0 amide bonds. The van der Waals surface area contributed by atoms with Gasteiger partial charge in [-0.3, -0.25) is 0 Å². The molecule has 4 heteroatoms. The molecule has 0 radical (unpaired) electrons. The molecule has 0 heterocycles. The number of rotatable bonds is 0. The lowest BCUT2D eigenvalue weighted by Gasteiger charge is -2.14. The van der Waals surface area contributed by atoms with Crippen LogP contribution in [0, 0.1) is 11.5 Å². The number of aliphatic imine (C=N–C) groups is 1. The molecule has 0 aliphatic carbocycles. The van der Waals surface area contributed by atoms with Crippen molar-refractivity contribution in [3.63, 3.8) is 0 Å². The van der Waals surface area contributed by atoms with E-state index in [4.69, 9.17) is 10.7 Å². The molecule has 0 atom stereocenters. The van der Waals surface area contributed by atoms with Gasteiger partial charge in [-0.05, 0) is 0 Å². The van der Waals surface area contributed by atoms with Crippen molar-refractivity contribution in [2.45, 2.75) is 0 Å². The van der Waals surface area contributed by atoms with Crippen molar-refractivity contribution in [1.82, 2.24) is 0 Å². The van der Waals surface area contributed by atoms with Gasteiger partial charge in [0, 0.05) is 0 Å². The summed E-state index contributed by atoms with van der Waals surface area (Å²) < 4.78 is 1.00. The predicted octanol–water partition coefficient (Wildman–Crippen LogP) is 0.533. The first-order valence-electron chi connectivity index (χ1n) is 2.68. The Balaban J connectivity index is 0. The second kappa shape index (κ2) is 5.96. The van der Waals surface area contributed by atoms with Gasteiger partial charge in [-0.1, -0.05) is 0 Å². The van der Waals surface area contributed by atoms with E-state index in [-0.39, 0.29) is 0 Å². The molecule has 4 nitrogen and oxygen atoms in total. The Morgan fingerprint density at radius 3 is 1.60 bits per heavy atom. The molecule has 0 spiro atoms. The molecule has 0 bridgehead atoms. The fourth-order valence-corrected chi connectivity index (χ4v) is 0.0224. The number of nitrogens with zero attached hydrogens (tertiary/aromatic N) is 4. The van der Waals surface area contributed by atoms with Crippen LogP contribution in [0.2, 0.25) is 0 Å². The Hall–Kier alpha value is -1.17. The summed E-state index contributed by atoms with van der Waals surface area (Å²) in [5.41, 5.74) is 0. The van der Waals surface area contributed by atoms with Crippen LogP contribution in [0.5, 0.6) is 0 Å². The van der Waals surface area contributed by atoms with Crippen LogP contribution in [-0.2, 0) is 0 Å². The van der Waals surface area contributed by atoms with E-state index in [9.17, 15) is 0 Å². The minimum absolute atomic E-state index is 1.00. The van der Waals surface area contributed by atoms with E-state index < -0.39 is 0 Å². The van der Waals surface area contributed by atoms with Gasteiger partial charge in [-0.2, -0.15) is 5.26 Å². The topological polar surface area (TPSA) is 58.5 Å². The highest BCUT2D eigenvalue weighted by Gasteiger charge is 1.88. The lowest BCUT2D eigenvalue weighted by Crippen LogP contribution is -2.27. The molecule has 0 aliphatic heterocycles. The van der Waals surface area contributed by atoms with E-state index in [2.05, 4.69) is 33.2 Å². The second-order valence-electron chi connectivity index (χ2n) is 3.00. The van der Waals surface area contributed by atoms with Crippen LogP contribution in [0.15, 0.2) is 4.99 Å². The average Bonchev–Trinajstić information content (AvgIpc) is 1.63. The highest BCUT2D eigenvalue weighted by atomic mass is 15.2. The van der Waals surface area contributed by atoms with E-state index in [1.54, 1.807) is 0 Å². The van der Waals surface area contributed by atoms with Gasteiger partial charge >= 0.3 is 0 Å². The molecular weight excluding hydrogens is 128 g/mol. The smallest absolute Gasteiger partial charge is 0.0925 e. The second-order valence-corrected chi connectivity index (χ2v) is 3.00. The fourth-order valence-electron chi connectivity index (χ4n) is 0.0224. The third kappa shape index (κ3) is 337. The standard InChI is InChI=1S/C4H12N.C2N3/c1-5(2,3)4;3-1-5-2-4/h1-4H3;/q+1;-1. The van der Waals surface area contributed by atoms with Crippen LogP contribution in [0.3, 0.4) is 0 Å². The summed E-state index contributed by atoms with van der Waals surface area (Å²) >= 11 is 0. The van der Waals surface area contributed by atoms with E-state index >= 15 is 0 Å². The minimum Gasteiger partial charge on any atom is -0.422 e. The zero-order valence-corrected chi connectivity index (χ0v) is 6.79. The number of hydrogen-bond acceptors (Lipinski definition) is 2. The van der Waals surface area contributed by atoms with E-state index in [0.29, 0.717) is 0 Å². The molecule has 0 aromatic rings. The SMILES string of the molecule is C[N+](C)(C)C.N#CN=C=[N-]. The van der Waals surface area contributed by atoms with Crippen molar-refractivity contribution in [2.24, 2.45) is 4.99 Å². The lowest BCUT2D eigenvalue weighted by molar-refractivity contribution is -0.849. The summed E-state index contributed by atoms with van der Waals surface area (Å²) in [5, 5.41) is 14.9. The first kappa shape index (κ1) is 11.6. The molecule has 0 fully saturated rings. The summed E-state index contributed by atoms with van der Waals surface area (Å²) in [6.45, 7) is 0. The summed E-state index contributed by atoms with van der Waals surface area (Å²) in [5.74, 6) is 0. The minimum atomic E-state index is 1.00. The van der Waals surface area contributed by atoms with Gasteiger partial charge in [-0.25, -0.2) is 0 Å². The van der Waals surface area contributed by atoms with E-state index in [1.807, 2.05) is 0 Å². The largest absolute Gasteiger partial charge is 0.422 e. The fraction of sp³-hybridized carbons (Fsp3) is 0.667. The van der Waals surface area contributed by atoms with Gasteiger partial charge in [-0.15, -0.1) is 6.01 Å².